The molecule has 0 spiro atoms. The van der Waals surface area contributed by atoms with Gasteiger partial charge in [0.15, 0.2) is 0 Å². The van der Waals surface area contributed by atoms with Gasteiger partial charge in [-0.3, -0.25) is 9.69 Å². The molecule has 7 nitrogen and oxygen atoms in total. The summed E-state index contributed by atoms with van der Waals surface area (Å²) in [7, 11) is 3.84. The number of fused-ring (bicyclic) bond motifs is 1. The topological polar surface area (TPSA) is 77.8 Å². The smallest absolute Gasteiger partial charge is 0.315 e. The van der Waals surface area contributed by atoms with Crippen molar-refractivity contribution >= 4 is 23.3 Å². The predicted octanol–water partition coefficient (Wildman–Crippen LogP) is 1.83. The average Bonchev–Trinajstić information content (AvgIpc) is 3.30. The van der Waals surface area contributed by atoms with Crippen molar-refractivity contribution in [3.8, 4) is 0 Å². The van der Waals surface area contributed by atoms with Gasteiger partial charge in [-0.1, -0.05) is 0 Å². The number of furan rings is 1. The second kappa shape index (κ2) is 8.37. The Morgan fingerprint density at radius 2 is 2.19 bits per heavy atom. The Labute approximate surface area is 157 Å². The maximum Gasteiger partial charge on any atom is 0.315 e. The third-order valence-electron chi connectivity index (χ3n) is 4.51. The lowest BCUT2D eigenvalue weighted by molar-refractivity contribution is -0.130. The van der Waals surface area contributed by atoms with E-state index in [0.29, 0.717) is 19.6 Å². The Morgan fingerprint density at radius 1 is 1.35 bits per heavy atom. The number of likely N-dealkylation sites (N-methyl/N-ethyl adjacent to an activating group) is 1. The summed E-state index contributed by atoms with van der Waals surface area (Å²) in [6.07, 6.45) is 2.50. The minimum atomic E-state index is -0.356. The van der Waals surface area contributed by atoms with Crippen LogP contribution >= 0.6 is 11.3 Å². The third-order valence-corrected chi connectivity index (χ3v) is 5.53. The van der Waals surface area contributed by atoms with Gasteiger partial charge in [-0.15, -0.1) is 11.3 Å². The molecule has 1 aliphatic rings. The maximum absolute atomic E-state index is 12.3. The van der Waals surface area contributed by atoms with Gasteiger partial charge in [-0.05, 0) is 49.7 Å². The number of nitrogens with zero attached hydrogens (tertiary/aromatic N) is 2. The fourth-order valence-electron chi connectivity index (χ4n) is 3.00. The molecule has 0 saturated heterocycles. The fraction of sp³-hybridized carbons (Fsp3) is 0.444. The lowest BCUT2D eigenvalue weighted by Crippen LogP contribution is -2.46. The molecule has 0 saturated carbocycles. The normalized spacial score (nSPS) is 14.8. The van der Waals surface area contributed by atoms with Crippen LogP contribution in [0.5, 0.6) is 0 Å². The van der Waals surface area contributed by atoms with E-state index in [-0.39, 0.29) is 24.5 Å². The Morgan fingerprint density at radius 3 is 2.92 bits per heavy atom. The van der Waals surface area contributed by atoms with Crippen molar-refractivity contribution in [2.24, 2.45) is 0 Å². The monoisotopic (exact) mass is 376 g/mol. The molecule has 3 amide bonds. The molecule has 0 fully saturated rings. The Hall–Kier alpha value is -2.32. The Balaban J connectivity index is 1.43. The molecule has 1 unspecified atom stereocenters. The molecule has 8 heteroatoms. The van der Waals surface area contributed by atoms with Gasteiger partial charge in [-0.2, -0.15) is 0 Å². The molecule has 0 aromatic carbocycles. The van der Waals surface area contributed by atoms with Crippen molar-refractivity contribution in [2.75, 3.05) is 33.7 Å². The summed E-state index contributed by atoms with van der Waals surface area (Å²) in [6, 6.07) is 5.34. The minimum absolute atomic E-state index is 0.00130. The average molecular weight is 376 g/mol. The summed E-state index contributed by atoms with van der Waals surface area (Å²) < 4.78 is 5.42. The van der Waals surface area contributed by atoms with Crippen molar-refractivity contribution in [2.45, 2.75) is 19.0 Å². The first-order valence-corrected chi connectivity index (χ1v) is 9.47. The number of urea groups is 1. The van der Waals surface area contributed by atoms with E-state index < -0.39 is 0 Å². The molecular weight excluding hydrogens is 352 g/mol. The van der Waals surface area contributed by atoms with Gasteiger partial charge in [0.2, 0.25) is 5.91 Å². The number of hydrogen-bond acceptors (Lipinski definition) is 5. The summed E-state index contributed by atoms with van der Waals surface area (Å²) in [5.41, 5.74) is 1.21. The van der Waals surface area contributed by atoms with Crippen molar-refractivity contribution < 1.29 is 14.0 Å². The van der Waals surface area contributed by atoms with Crippen LogP contribution in [-0.2, 0) is 17.8 Å². The van der Waals surface area contributed by atoms with E-state index in [2.05, 4.69) is 22.1 Å². The van der Waals surface area contributed by atoms with Gasteiger partial charge in [-0.25, -0.2) is 4.79 Å². The van der Waals surface area contributed by atoms with Crippen LogP contribution in [0.3, 0.4) is 0 Å². The van der Waals surface area contributed by atoms with Crippen LogP contribution in [0, 0.1) is 0 Å². The van der Waals surface area contributed by atoms with Crippen molar-refractivity contribution in [1.82, 2.24) is 20.4 Å². The molecule has 26 heavy (non-hydrogen) atoms. The van der Waals surface area contributed by atoms with Crippen LogP contribution in [0.15, 0.2) is 34.3 Å². The van der Waals surface area contributed by atoms with Gasteiger partial charge in [0.05, 0.1) is 18.8 Å². The summed E-state index contributed by atoms with van der Waals surface area (Å²) in [5, 5.41) is 7.51. The zero-order chi connectivity index (χ0) is 18.5. The second-order valence-electron chi connectivity index (χ2n) is 6.49. The van der Waals surface area contributed by atoms with Crippen LogP contribution in [0.2, 0.25) is 0 Å². The first-order chi connectivity index (χ1) is 12.5. The first-order valence-electron chi connectivity index (χ1n) is 8.59. The molecule has 0 bridgehead atoms. The molecule has 1 aliphatic heterocycles. The highest BCUT2D eigenvalue weighted by molar-refractivity contribution is 7.10. The molecule has 2 aromatic heterocycles. The summed E-state index contributed by atoms with van der Waals surface area (Å²) in [4.78, 5) is 29.5. The molecule has 0 aliphatic carbocycles. The van der Waals surface area contributed by atoms with Crippen molar-refractivity contribution in [1.29, 1.82) is 0 Å². The van der Waals surface area contributed by atoms with E-state index in [4.69, 9.17) is 4.42 Å². The molecular formula is C18H24N4O3S. The van der Waals surface area contributed by atoms with Crippen molar-refractivity contribution in [3.05, 3.63) is 46.0 Å². The number of carbonyl (C=O) groups excluding carboxylic acids is 2. The lowest BCUT2D eigenvalue weighted by Gasteiger charge is -2.27. The summed E-state index contributed by atoms with van der Waals surface area (Å²) >= 11 is 1.74. The van der Waals surface area contributed by atoms with Gasteiger partial charge < -0.3 is 20.0 Å². The van der Waals surface area contributed by atoms with Crippen LogP contribution < -0.4 is 10.6 Å². The highest BCUT2D eigenvalue weighted by atomic mass is 32.1. The van der Waals surface area contributed by atoms with E-state index >= 15 is 0 Å². The zero-order valence-electron chi connectivity index (χ0n) is 15.0. The molecule has 3 heterocycles. The van der Waals surface area contributed by atoms with Gasteiger partial charge in [0.1, 0.15) is 5.76 Å². The molecule has 2 N–H and O–H groups in total. The van der Waals surface area contributed by atoms with E-state index in [1.807, 2.05) is 31.1 Å². The third kappa shape index (κ3) is 4.44. The largest absolute Gasteiger partial charge is 0.468 e. The molecule has 140 valence electrons. The molecule has 0 radical (unpaired) electrons. The van der Waals surface area contributed by atoms with E-state index in [1.165, 1.54) is 10.4 Å². The number of amides is 3. The number of thiophene rings is 1. The number of rotatable bonds is 6. The number of carbonyl (C=O) groups is 2. The zero-order valence-corrected chi connectivity index (χ0v) is 15.8. The quantitative estimate of drug-likeness (QED) is 0.806. The highest BCUT2D eigenvalue weighted by Gasteiger charge is 2.22. The first kappa shape index (κ1) is 18.5. The molecule has 3 rings (SSSR count). The number of nitrogens with one attached hydrogen (secondary N) is 2. The van der Waals surface area contributed by atoms with Gasteiger partial charge in [0, 0.05) is 24.5 Å². The van der Waals surface area contributed by atoms with E-state index in [0.717, 1.165) is 12.2 Å². The number of hydrogen-bond donors (Lipinski definition) is 2. The lowest BCUT2D eigenvalue weighted by atomic mass is 10.1. The minimum Gasteiger partial charge on any atom is -0.468 e. The van der Waals surface area contributed by atoms with Crippen LogP contribution in [-0.4, -0.2) is 55.5 Å². The maximum atomic E-state index is 12.3. The van der Waals surface area contributed by atoms with Crippen molar-refractivity contribution in [3.63, 3.8) is 0 Å². The summed E-state index contributed by atoms with van der Waals surface area (Å²) in [5.74, 6) is 0.721. The SMILES string of the molecule is CN(C)C(CNC(=O)NCC(=O)N1CCc2sccc2C1)c1ccco1. The fourth-order valence-corrected chi connectivity index (χ4v) is 3.89. The standard InChI is InChI=1S/C18H24N4O3S/c1-21(2)14(15-4-3-8-25-15)10-19-18(24)20-11-17(23)22-7-5-16-13(12-22)6-9-26-16/h3-4,6,8-9,14H,5,7,10-12H2,1-2H3,(H2,19,20,24). The second-order valence-corrected chi connectivity index (χ2v) is 7.49. The van der Waals surface area contributed by atoms with E-state index in [1.54, 1.807) is 22.5 Å². The van der Waals surface area contributed by atoms with Gasteiger partial charge in [0.25, 0.3) is 0 Å². The van der Waals surface area contributed by atoms with Gasteiger partial charge >= 0.3 is 6.03 Å². The predicted molar refractivity (Wildman–Crippen MR) is 100.0 cm³/mol. The Kier molecular flexibility index (Phi) is 5.95. The Bertz CT molecular complexity index is 741. The summed E-state index contributed by atoms with van der Waals surface area (Å²) in [6.45, 7) is 1.72. The van der Waals surface area contributed by atoms with E-state index in [9.17, 15) is 9.59 Å². The van der Waals surface area contributed by atoms with Crippen LogP contribution in [0.1, 0.15) is 22.2 Å². The molecule has 1 atom stereocenters. The van der Waals surface area contributed by atoms with Crippen LogP contribution in [0.25, 0.3) is 0 Å². The highest BCUT2D eigenvalue weighted by Crippen LogP contribution is 2.23. The van der Waals surface area contributed by atoms with Crippen LogP contribution in [0.4, 0.5) is 4.79 Å². The molecule has 2 aromatic rings.